The lowest BCUT2D eigenvalue weighted by atomic mass is 9.95. The lowest BCUT2D eigenvalue weighted by molar-refractivity contribution is -0.148. The molecule has 1 heterocycles. The van der Waals surface area contributed by atoms with Crippen LogP contribution in [0.25, 0.3) is 0 Å². The van der Waals surface area contributed by atoms with Gasteiger partial charge in [-0.1, -0.05) is 42.5 Å². The van der Waals surface area contributed by atoms with E-state index in [0.29, 0.717) is 12.8 Å². The number of nitrogens with one attached hydrogen (secondary N) is 1. The van der Waals surface area contributed by atoms with E-state index in [1.165, 1.54) is 22.5 Å². The zero-order valence-electron chi connectivity index (χ0n) is 18.7. The summed E-state index contributed by atoms with van der Waals surface area (Å²) in [6.45, 7) is 3.74. The number of hydrogen-bond donors (Lipinski definition) is 1. The molecule has 33 heavy (non-hydrogen) atoms. The van der Waals surface area contributed by atoms with Crippen LogP contribution in [0.2, 0.25) is 0 Å². The number of halogens is 1. The number of amides is 1. The fraction of sp³-hybridized carbons (Fsp3) is 0.417. The highest BCUT2D eigenvalue weighted by atomic mass is 32.2. The fourth-order valence-electron chi connectivity index (χ4n) is 3.86. The molecule has 1 amide bonds. The van der Waals surface area contributed by atoms with E-state index >= 15 is 0 Å². The fourth-order valence-corrected chi connectivity index (χ4v) is 5.39. The standard InChI is InChI=1S/C24H29FN2O5S/c1-17(2)32-23(28)16-21(18-8-4-3-5-9-18)26-24(29)19-12-14-27(15-13-19)33(30,31)22-11-7-6-10-20(22)25/h3-11,17,19,21H,12-16H2,1-2H3,(H,26,29). The number of nitrogens with zero attached hydrogens (tertiary/aromatic N) is 1. The summed E-state index contributed by atoms with van der Waals surface area (Å²) in [5.74, 6) is -1.87. The summed E-state index contributed by atoms with van der Waals surface area (Å²) in [4.78, 5) is 24.8. The lowest BCUT2D eigenvalue weighted by Crippen LogP contribution is -2.44. The Balaban J connectivity index is 1.65. The van der Waals surface area contributed by atoms with Gasteiger partial charge in [-0.15, -0.1) is 0 Å². The zero-order valence-corrected chi connectivity index (χ0v) is 19.6. The third-order valence-corrected chi connectivity index (χ3v) is 7.47. The van der Waals surface area contributed by atoms with Gasteiger partial charge in [0, 0.05) is 19.0 Å². The Morgan fingerprint density at radius 2 is 1.67 bits per heavy atom. The van der Waals surface area contributed by atoms with Crippen LogP contribution >= 0.6 is 0 Å². The largest absolute Gasteiger partial charge is 0.463 e. The van der Waals surface area contributed by atoms with Crippen LogP contribution in [0, 0.1) is 11.7 Å². The normalized spacial score (nSPS) is 16.4. The summed E-state index contributed by atoms with van der Waals surface area (Å²) in [7, 11) is -3.97. The number of piperidine rings is 1. The SMILES string of the molecule is CC(C)OC(=O)CC(NC(=O)C1CCN(S(=O)(=O)c2ccccc2F)CC1)c1ccccc1. The molecule has 2 aromatic rings. The molecule has 0 aliphatic carbocycles. The Kier molecular flexibility index (Phi) is 8.20. The van der Waals surface area contributed by atoms with E-state index in [2.05, 4.69) is 5.32 Å². The van der Waals surface area contributed by atoms with Gasteiger partial charge >= 0.3 is 5.97 Å². The Morgan fingerprint density at radius 1 is 1.06 bits per heavy atom. The second-order valence-electron chi connectivity index (χ2n) is 8.32. The molecule has 1 unspecified atom stereocenters. The van der Waals surface area contributed by atoms with Crippen molar-refractivity contribution in [2.75, 3.05) is 13.1 Å². The van der Waals surface area contributed by atoms with E-state index in [4.69, 9.17) is 4.74 Å². The Bertz CT molecular complexity index is 1070. The van der Waals surface area contributed by atoms with Gasteiger partial charge in [0.15, 0.2) is 0 Å². The van der Waals surface area contributed by atoms with Crippen molar-refractivity contribution in [2.45, 2.75) is 50.2 Å². The second kappa shape index (κ2) is 10.9. The number of hydrogen-bond acceptors (Lipinski definition) is 5. The molecule has 178 valence electrons. The van der Waals surface area contributed by atoms with E-state index in [9.17, 15) is 22.4 Å². The van der Waals surface area contributed by atoms with E-state index in [1.54, 1.807) is 13.8 Å². The van der Waals surface area contributed by atoms with E-state index in [0.717, 1.165) is 11.6 Å². The number of esters is 1. The molecule has 1 atom stereocenters. The van der Waals surface area contributed by atoms with Crippen molar-refractivity contribution in [3.05, 3.63) is 66.0 Å². The van der Waals surface area contributed by atoms with Crippen molar-refractivity contribution in [1.82, 2.24) is 9.62 Å². The van der Waals surface area contributed by atoms with E-state index in [-0.39, 0.29) is 36.4 Å². The Labute approximate surface area is 194 Å². The van der Waals surface area contributed by atoms with Gasteiger partial charge in [0.1, 0.15) is 10.7 Å². The lowest BCUT2D eigenvalue weighted by Gasteiger charge is -2.31. The number of carbonyl (C=O) groups excluding carboxylic acids is 2. The van der Waals surface area contributed by atoms with Crippen molar-refractivity contribution in [3.8, 4) is 0 Å². The summed E-state index contributed by atoms with van der Waals surface area (Å²) in [6, 6.07) is 13.9. The number of benzene rings is 2. The average Bonchev–Trinajstić information content (AvgIpc) is 2.79. The van der Waals surface area contributed by atoms with Crippen molar-refractivity contribution in [3.63, 3.8) is 0 Å². The summed E-state index contributed by atoms with van der Waals surface area (Å²) < 4.78 is 46.1. The molecule has 7 nitrogen and oxygen atoms in total. The first-order chi connectivity index (χ1) is 15.7. The van der Waals surface area contributed by atoms with Crippen molar-refractivity contribution >= 4 is 21.9 Å². The molecule has 1 aliphatic rings. The molecule has 1 saturated heterocycles. The Morgan fingerprint density at radius 3 is 2.27 bits per heavy atom. The maximum Gasteiger partial charge on any atom is 0.308 e. The summed E-state index contributed by atoms with van der Waals surface area (Å²) in [5, 5.41) is 2.93. The molecule has 0 aromatic heterocycles. The summed E-state index contributed by atoms with van der Waals surface area (Å²) in [5.41, 5.74) is 0.783. The van der Waals surface area contributed by atoms with Gasteiger partial charge in [-0.05, 0) is 44.4 Å². The van der Waals surface area contributed by atoms with Crippen LogP contribution in [0.5, 0.6) is 0 Å². The van der Waals surface area contributed by atoms with E-state index in [1.807, 2.05) is 30.3 Å². The molecule has 0 spiro atoms. The number of ether oxygens (including phenoxy) is 1. The molecular weight excluding hydrogens is 447 g/mol. The minimum Gasteiger partial charge on any atom is -0.463 e. The molecule has 0 saturated carbocycles. The van der Waals surface area contributed by atoms with Crippen LogP contribution in [0.4, 0.5) is 4.39 Å². The summed E-state index contributed by atoms with van der Waals surface area (Å²) >= 11 is 0. The molecule has 2 aromatic carbocycles. The highest BCUT2D eigenvalue weighted by Gasteiger charge is 2.34. The molecule has 1 fully saturated rings. The average molecular weight is 477 g/mol. The van der Waals surface area contributed by atoms with E-state index < -0.39 is 33.8 Å². The highest BCUT2D eigenvalue weighted by molar-refractivity contribution is 7.89. The van der Waals surface area contributed by atoms with Gasteiger partial charge in [-0.25, -0.2) is 12.8 Å². The van der Waals surface area contributed by atoms with Gasteiger partial charge in [0.05, 0.1) is 18.6 Å². The molecular formula is C24H29FN2O5S. The molecule has 1 aliphatic heterocycles. The second-order valence-corrected chi connectivity index (χ2v) is 10.2. The molecule has 3 rings (SSSR count). The third kappa shape index (κ3) is 6.39. The van der Waals surface area contributed by atoms with Crippen molar-refractivity contribution in [1.29, 1.82) is 0 Å². The zero-order chi connectivity index (χ0) is 24.0. The van der Waals surface area contributed by atoms with Crippen molar-refractivity contribution < 1.29 is 27.1 Å². The predicted octanol–water partition coefficient (Wildman–Crippen LogP) is 3.43. The van der Waals surface area contributed by atoms with Crippen LogP contribution in [-0.2, 0) is 24.3 Å². The predicted molar refractivity (Wildman–Crippen MR) is 121 cm³/mol. The van der Waals surface area contributed by atoms with Gasteiger partial charge in [-0.2, -0.15) is 4.31 Å². The van der Waals surface area contributed by atoms with Crippen molar-refractivity contribution in [2.24, 2.45) is 5.92 Å². The first kappa shape index (κ1) is 24.9. The quantitative estimate of drug-likeness (QED) is 0.590. The highest BCUT2D eigenvalue weighted by Crippen LogP contribution is 2.26. The third-order valence-electron chi connectivity index (χ3n) is 5.54. The first-order valence-electron chi connectivity index (χ1n) is 11.0. The van der Waals surface area contributed by atoms with Gasteiger partial charge in [0.2, 0.25) is 15.9 Å². The topological polar surface area (TPSA) is 92.8 Å². The number of carbonyl (C=O) groups is 2. The van der Waals surface area contributed by atoms with Gasteiger partial charge in [0.25, 0.3) is 0 Å². The minimum atomic E-state index is -3.97. The first-order valence-corrected chi connectivity index (χ1v) is 12.4. The van der Waals surface area contributed by atoms with Gasteiger partial charge < -0.3 is 10.1 Å². The maximum atomic E-state index is 14.0. The molecule has 9 heteroatoms. The van der Waals surface area contributed by atoms with Crippen LogP contribution in [0.3, 0.4) is 0 Å². The molecule has 0 bridgehead atoms. The number of sulfonamides is 1. The number of rotatable bonds is 8. The van der Waals surface area contributed by atoms with Crippen LogP contribution < -0.4 is 5.32 Å². The monoisotopic (exact) mass is 476 g/mol. The van der Waals surface area contributed by atoms with Gasteiger partial charge in [-0.3, -0.25) is 9.59 Å². The molecule has 0 radical (unpaired) electrons. The van der Waals surface area contributed by atoms with Crippen LogP contribution in [0.1, 0.15) is 44.7 Å². The van der Waals surface area contributed by atoms with Crippen LogP contribution in [0.15, 0.2) is 59.5 Å². The summed E-state index contributed by atoms with van der Waals surface area (Å²) in [6.07, 6.45) is 0.342. The molecule has 1 N–H and O–H groups in total. The smallest absolute Gasteiger partial charge is 0.308 e. The Hall–Kier alpha value is -2.78. The maximum absolute atomic E-state index is 14.0. The minimum absolute atomic E-state index is 0.00551. The van der Waals surface area contributed by atoms with Crippen LogP contribution in [-0.4, -0.2) is 43.8 Å².